The molecule has 1 aromatic heterocycles. The predicted molar refractivity (Wildman–Crippen MR) is 99.7 cm³/mol. The largest absolute Gasteiger partial charge is 0.352 e. The quantitative estimate of drug-likeness (QED) is 0.865. The summed E-state index contributed by atoms with van der Waals surface area (Å²) >= 11 is 0. The molecule has 0 radical (unpaired) electrons. The number of amides is 2. The Balaban J connectivity index is 1.55. The minimum Gasteiger partial charge on any atom is -0.352 e. The van der Waals surface area contributed by atoms with Crippen LogP contribution in [0.15, 0.2) is 36.7 Å². The monoisotopic (exact) mass is 354 g/mol. The first-order valence-corrected chi connectivity index (χ1v) is 9.08. The minimum absolute atomic E-state index is 0.0621. The molecule has 0 saturated carbocycles. The van der Waals surface area contributed by atoms with Crippen LogP contribution in [-0.4, -0.2) is 39.6 Å². The number of likely N-dealkylation sites (tertiary alicyclic amines) is 1. The summed E-state index contributed by atoms with van der Waals surface area (Å²) in [4.78, 5) is 26.2. The van der Waals surface area contributed by atoms with E-state index in [1.165, 1.54) is 5.56 Å². The van der Waals surface area contributed by atoms with Crippen molar-refractivity contribution in [2.75, 3.05) is 13.1 Å². The second-order valence-corrected chi connectivity index (χ2v) is 7.44. The molecular weight excluding hydrogens is 328 g/mol. The maximum Gasteiger partial charge on any atom is 0.225 e. The van der Waals surface area contributed by atoms with Gasteiger partial charge in [0, 0.05) is 37.8 Å². The highest BCUT2D eigenvalue weighted by molar-refractivity contribution is 5.89. The van der Waals surface area contributed by atoms with E-state index in [1.54, 1.807) is 15.8 Å². The molecule has 1 aromatic carbocycles. The second-order valence-electron chi connectivity index (χ2n) is 7.44. The first kappa shape index (κ1) is 18.2. The summed E-state index contributed by atoms with van der Waals surface area (Å²) in [5.74, 6) is 0.167. The molecule has 6 heteroatoms. The molecule has 0 unspecified atom stereocenters. The Bertz CT molecular complexity index is 797. The van der Waals surface area contributed by atoms with Gasteiger partial charge in [0.05, 0.1) is 17.8 Å². The number of hydrogen-bond acceptors (Lipinski definition) is 3. The van der Waals surface area contributed by atoms with Gasteiger partial charge in [-0.15, -0.1) is 0 Å². The molecule has 1 atom stereocenters. The molecule has 1 N–H and O–H groups in total. The second kappa shape index (κ2) is 7.72. The Hall–Kier alpha value is -2.63. The van der Waals surface area contributed by atoms with Crippen LogP contribution in [0.3, 0.4) is 0 Å². The molecule has 2 amide bonds. The van der Waals surface area contributed by atoms with Crippen molar-refractivity contribution in [1.82, 2.24) is 20.0 Å². The van der Waals surface area contributed by atoms with Crippen molar-refractivity contribution in [3.8, 4) is 5.69 Å². The fourth-order valence-corrected chi connectivity index (χ4v) is 3.26. The summed E-state index contributed by atoms with van der Waals surface area (Å²) in [6.45, 7) is 7.84. The molecule has 1 fully saturated rings. The van der Waals surface area contributed by atoms with Gasteiger partial charge in [-0.25, -0.2) is 4.68 Å². The summed E-state index contributed by atoms with van der Waals surface area (Å²) in [6.07, 6.45) is 3.98. The number of aromatic nitrogens is 2. The number of hydrogen-bond donors (Lipinski definition) is 1. The lowest BCUT2D eigenvalue weighted by Crippen LogP contribution is -2.33. The summed E-state index contributed by atoms with van der Waals surface area (Å²) in [5, 5.41) is 7.30. The van der Waals surface area contributed by atoms with Crippen LogP contribution in [0.4, 0.5) is 0 Å². The normalized spacial score (nSPS) is 17.2. The van der Waals surface area contributed by atoms with Gasteiger partial charge in [-0.3, -0.25) is 9.59 Å². The highest BCUT2D eigenvalue weighted by Crippen LogP contribution is 2.19. The van der Waals surface area contributed by atoms with Crippen molar-refractivity contribution in [1.29, 1.82) is 0 Å². The van der Waals surface area contributed by atoms with Gasteiger partial charge in [0.2, 0.25) is 11.8 Å². The zero-order valence-electron chi connectivity index (χ0n) is 15.6. The van der Waals surface area contributed by atoms with Crippen LogP contribution in [-0.2, 0) is 16.1 Å². The Labute approximate surface area is 154 Å². The first-order valence-electron chi connectivity index (χ1n) is 9.08. The third-order valence-electron chi connectivity index (χ3n) is 4.54. The first-order chi connectivity index (χ1) is 12.4. The van der Waals surface area contributed by atoms with E-state index >= 15 is 0 Å². The fraction of sp³-hybridized carbons (Fsp3) is 0.450. The van der Waals surface area contributed by atoms with Gasteiger partial charge in [0.15, 0.2) is 0 Å². The van der Waals surface area contributed by atoms with Crippen LogP contribution >= 0.6 is 0 Å². The zero-order valence-corrected chi connectivity index (χ0v) is 15.6. The third kappa shape index (κ3) is 4.31. The van der Waals surface area contributed by atoms with Crippen molar-refractivity contribution in [3.05, 3.63) is 47.8 Å². The fourth-order valence-electron chi connectivity index (χ4n) is 3.26. The number of aryl methyl sites for hydroxylation is 1. The van der Waals surface area contributed by atoms with Crippen LogP contribution in [0.1, 0.15) is 31.4 Å². The van der Waals surface area contributed by atoms with E-state index in [0.717, 1.165) is 11.3 Å². The average Bonchev–Trinajstić information content (AvgIpc) is 3.20. The Morgan fingerprint density at radius 1 is 1.38 bits per heavy atom. The van der Waals surface area contributed by atoms with E-state index in [1.807, 2.05) is 31.3 Å². The maximum atomic E-state index is 12.4. The van der Waals surface area contributed by atoms with E-state index in [2.05, 4.69) is 30.3 Å². The molecule has 3 rings (SSSR count). The minimum atomic E-state index is -0.256. The topological polar surface area (TPSA) is 67.2 Å². The van der Waals surface area contributed by atoms with E-state index in [-0.39, 0.29) is 17.7 Å². The number of nitrogens with zero attached hydrogens (tertiary/aromatic N) is 3. The van der Waals surface area contributed by atoms with Crippen LogP contribution in [0.25, 0.3) is 5.69 Å². The SMILES string of the molecule is Cc1cccc(-n2cc(CNC(=O)[C@H]3CC(=O)N(CC(C)C)C3)cn2)c1. The standard InChI is InChI=1S/C20H26N4O2/c1-14(2)11-23-13-17(8-19(23)25)20(26)21-9-16-10-22-24(12-16)18-6-4-5-15(3)7-18/h4-7,10,12,14,17H,8-9,11,13H2,1-3H3,(H,21,26)/t17-/m0/s1. The van der Waals surface area contributed by atoms with Gasteiger partial charge < -0.3 is 10.2 Å². The van der Waals surface area contributed by atoms with E-state index < -0.39 is 0 Å². The van der Waals surface area contributed by atoms with Crippen molar-refractivity contribution < 1.29 is 9.59 Å². The molecule has 0 bridgehead atoms. The van der Waals surface area contributed by atoms with Gasteiger partial charge in [0.1, 0.15) is 0 Å². The Kier molecular flexibility index (Phi) is 5.40. The number of carbonyl (C=O) groups is 2. The van der Waals surface area contributed by atoms with Crippen LogP contribution in [0.5, 0.6) is 0 Å². The summed E-state index contributed by atoms with van der Waals surface area (Å²) in [5.41, 5.74) is 3.10. The molecule has 1 saturated heterocycles. The van der Waals surface area contributed by atoms with E-state index in [9.17, 15) is 9.59 Å². The molecule has 6 nitrogen and oxygen atoms in total. The van der Waals surface area contributed by atoms with Crippen LogP contribution in [0, 0.1) is 18.8 Å². The lowest BCUT2D eigenvalue weighted by atomic mass is 10.1. The molecule has 26 heavy (non-hydrogen) atoms. The molecule has 2 heterocycles. The Morgan fingerprint density at radius 2 is 2.19 bits per heavy atom. The molecular formula is C20H26N4O2. The lowest BCUT2D eigenvalue weighted by Gasteiger charge is -2.18. The summed E-state index contributed by atoms with van der Waals surface area (Å²) in [6, 6.07) is 8.09. The lowest BCUT2D eigenvalue weighted by molar-refractivity contribution is -0.129. The average molecular weight is 354 g/mol. The van der Waals surface area contributed by atoms with Gasteiger partial charge in [-0.2, -0.15) is 5.10 Å². The zero-order chi connectivity index (χ0) is 18.7. The molecule has 1 aliphatic heterocycles. The van der Waals surface area contributed by atoms with Crippen molar-refractivity contribution in [3.63, 3.8) is 0 Å². The summed E-state index contributed by atoms with van der Waals surface area (Å²) in [7, 11) is 0. The van der Waals surface area contributed by atoms with Gasteiger partial charge in [-0.05, 0) is 30.5 Å². The number of nitrogens with one attached hydrogen (secondary N) is 1. The molecule has 0 aliphatic carbocycles. The molecule has 138 valence electrons. The van der Waals surface area contributed by atoms with Gasteiger partial charge >= 0.3 is 0 Å². The van der Waals surface area contributed by atoms with Crippen molar-refractivity contribution in [2.24, 2.45) is 11.8 Å². The van der Waals surface area contributed by atoms with Crippen molar-refractivity contribution in [2.45, 2.75) is 33.7 Å². The molecule has 2 aromatic rings. The highest BCUT2D eigenvalue weighted by atomic mass is 16.2. The highest BCUT2D eigenvalue weighted by Gasteiger charge is 2.34. The number of carbonyl (C=O) groups excluding carboxylic acids is 2. The van der Waals surface area contributed by atoms with Crippen molar-refractivity contribution >= 4 is 11.8 Å². The van der Waals surface area contributed by atoms with Gasteiger partial charge in [-0.1, -0.05) is 26.0 Å². The molecule has 0 spiro atoms. The van der Waals surface area contributed by atoms with E-state index in [4.69, 9.17) is 0 Å². The smallest absolute Gasteiger partial charge is 0.225 e. The van der Waals surface area contributed by atoms with Crippen LogP contribution < -0.4 is 5.32 Å². The van der Waals surface area contributed by atoms with Gasteiger partial charge in [0.25, 0.3) is 0 Å². The van der Waals surface area contributed by atoms with E-state index in [0.29, 0.717) is 32.0 Å². The predicted octanol–water partition coefficient (Wildman–Crippen LogP) is 2.30. The molecule has 1 aliphatic rings. The van der Waals surface area contributed by atoms with Crippen LogP contribution in [0.2, 0.25) is 0 Å². The Morgan fingerprint density at radius 3 is 2.92 bits per heavy atom. The number of rotatable bonds is 6. The summed E-state index contributed by atoms with van der Waals surface area (Å²) < 4.78 is 1.80. The number of benzene rings is 1. The third-order valence-corrected chi connectivity index (χ3v) is 4.54. The maximum absolute atomic E-state index is 12.4.